The molecule has 0 fully saturated rings. The van der Waals surface area contributed by atoms with E-state index < -0.39 is 0 Å². The molecular formula is C5H6BrN. The first-order chi connectivity index (χ1) is 3.27. The normalized spacial score (nSPS) is 9.29. The van der Waals surface area contributed by atoms with E-state index in [1.807, 2.05) is 0 Å². The molecule has 0 spiro atoms. The third-order valence-corrected chi connectivity index (χ3v) is 0.525. The molecule has 0 bridgehead atoms. The number of halogens is 1. The summed E-state index contributed by atoms with van der Waals surface area (Å²) < 4.78 is 0.757. The van der Waals surface area contributed by atoms with Gasteiger partial charge in [0, 0.05) is 16.9 Å². The SMILES string of the molecule is C=CN=CC(=C)Br. The third kappa shape index (κ3) is 5.63. The van der Waals surface area contributed by atoms with Gasteiger partial charge in [0.1, 0.15) is 0 Å². The lowest BCUT2D eigenvalue weighted by molar-refractivity contribution is 1.63. The predicted molar refractivity (Wildman–Crippen MR) is 36.8 cm³/mol. The monoisotopic (exact) mass is 159 g/mol. The van der Waals surface area contributed by atoms with Gasteiger partial charge in [-0.05, 0) is 15.9 Å². The highest BCUT2D eigenvalue weighted by molar-refractivity contribution is 9.12. The van der Waals surface area contributed by atoms with Crippen molar-refractivity contribution in [1.82, 2.24) is 0 Å². The van der Waals surface area contributed by atoms with Crippen LogP contribution in [-0.2, 0) is 0 Å². The fourth-order valence-corrected chi connectivity index (χ4v) is 0.252. The summed E-state index contributed by atoms with van der Waals surface area (Å²) in [5, 5.41) is 0. The van der Waals surface area contributed by atoms with Gasteiger partial charge in [-0.15, -0.1) is 0 Å². The van der Waals surface area contributed by atoms with E-state index in [1.54, 1.807) is 6.21 Å². The maximum Gasteiger partial charge on any atom is 0.0403 e. The summed E-state index contributed by atoms with van der Waals surface area (Å²) in [7, 11) is 0. The molecule has 2 heteroatoms. The molecule has 0 aliphatic rings. The van der Waals surface area contributed by atoms with Crippen LogP contribution in [-0.4, -0.2) is 6.21 Å². The lowest BCUT2D eigenvalue weighted by atomic mass is 10.7. The molecule has 38 valence electrons. The van der Waals surface area contributed by atoms with Gasteiger partial charge in [0.25, 0.3) is 0 Å². The summed E-state index contributed by atoms with van der Waals surface area (Å²) in [4.78, 5) is 3.66. The Balaban J connectivity index is 3.46. The van der Waals surface area contributed by atoms with Crippen molar-refractivity contribution in [2.45, 2.75) is 0 Å². The first kappa shape index (κ1) is 6.63. The average molecular weight is 160 g/mol. The van der Waals surface area contributed by atoms with Gasteiger partial charge in [-0.25, -0.2) is 0 Å². The zero-order valence-corrected chi connectivity index (χ0v) is 5.48. The second-order valence-electron chi connectivity index (χ2n) is 0.908. The molecule has 0 saturated carbocycles. The standard InChI is InChI=1S/C5H6BrN/c1-3-7-4-5(2)6/h3-4H,1-2H2. The van der Waals surface area contributed by atoms with Crippen LogP contribution in [0.2, 0.25) is 0 Å². The van der Waals surface area contributed by atoms with Crippen LogP contribution in [0.4, 0.5) is 0 Å². The fourth-order valence-electron chi connectivity index (χ4n) is 0.134. The van der Waals surface area contributed by atoms with Crippen molar-refractivity contribution >= 4 is 22.1 Å². The first-order valence-electron chi connectivity index (χ1n) is 1.76. The van der Waals surface area contributed by atoms with Crippen molar-refractivity contribution in [3.63, 3.8) is 0 Å². The highest BCUT2D eigenvalue weighted by Crippen LogP contribution is 1.93. The molecule has 0 rings (SSSR count). The van der Waals surface area contributed by atoms with E-state index in [1.165, 1.54) is 6.20 Å². The molecule has 0 unspecified atom stereocenters. The Bertz CT molecular complexity index is 105. The summed E-state index contributed by atoms with van der Waals surface area (Å²) in [5.74, 6) is 0. The lowest BCUT2D eigenvalue weighted by Crippen LogP contribution is -1.63. The van der Waals surface area contributed by atoms with Gasteiger partial charge in [-0.3, -0.25) is 4.99 Å². The molecule has 0 saturated heterocycles. The lowest BCUT2D eigenvalue weighted by Gasteiger charge is -1.74. The number of hydrogen-bond acceptors (Lipinski definition) is 1. The smallest absolute Gasteiger partial charge is 0.0403 e. The Labute approximate surface area is 51.6 Å². The Morgan fingerprint density at radius 1 is 1.71 bits per heavy atom. The van der Waals surface area contributed by atoms with Crippen molar-refractivity contribution in [2.24, 2.45) is 4.99 Å². The highest BCUT2D eigenvalue weighted by atomic mass is 79.9. The van der Waals surface area contributed by atoms with E-state index in [0.717, 1.165) is 4.48 Å². The van der Waals surface area contributed by atoms with Crippen molar-refractivity contribution < 1.29 is 0 Å². The Hall–Kier alpha value is -0.370. The van der Waals surface area contributed by atoms with Crippen LogP contribution in [0.3, 0.4) is 0 Å². The van der Waals surface area contributed by atoms with Crippen molar-refractivity contribution in [3.8, 4) is 0 Å². The van der Waals surface area contributed by atoms with Gasteiger partial charge in [0.15, 0.2) is 0 Å². The number of aliphatic imine (C=N–C) groups is 1. The van der Waals surface area contributed by atoms with E-state index >= 15 is 0 Å². The Morgan fingerprint density at radius 2 is 2.29 bits per heavy atom. The van der Waals surface area contributed by atoms with Crippen LogP contribution < -0.4 is 0 Å². The van der Waals surface area contributed by atoms with Crippen LogP contribution in [0.5, 0.6) is 0 Å². The summed E-state index contributed by atoms with van der Waals surface area (Å²) >= 11 is 3.08. The molecule has 0 aromatic carbocycles. The highest BCUT2D eigenvalue weighted by Gasteiger charge is 1.69. The molecule has 0 atom stereocenters. The molecule has 7 heavy (non-hydrogen) atoms. The number of rotatable bonds is 2. The fraction of sp³-hybridized carbons (Fsp3) is 0. The van der Waals surface area contributed by atoms with Crippen LogP contribution >= 0.6 is 15.9 Å². The summed E-state index contributed by atoms with van der Waals surface area (Å²) in [6.07, 6.45) is 3.03. The minimum absolute atomic E-state index is 0.757. The molecule has 0 N–H and O–H groups in total. The largest absolute Gasteiger partial charge is 0.264 e. The van der Waals surface area contributed by atoms with E-state index in [4.69, 9.17) is 0 Å². The van der Waals surface area contributed by atoms with Gasteiger partial charge in [0.05, 0.1) is 0 Å². The van der Waals surface area contributed by atoms with Crippen molar-refractivity contribution in [1.29, 1.82) is 0 Å². The topological polar surface area (TPSA) is 12.4 Å². The maximum atomic E-state index is 3.66. The second kappa shape index (κ2) is 3.81. The summed E-state index contributed by atoms with van der Waals surface area (Å²) in [5.41, 5.74) is 0. The first-order valence-corrected chi connectivity index (χ1v) is 2.55. The van der Waals surface area contributed by atoms with Crippen LogP contribution in [0.15, 0.2) is 28.8 Å². The molecule has 0 aliphatic heterocycles. The summed E-state index contributed by atoms with van der Waals surface area (Å²) in [6, 6.07) is 0. The Kier molecular flexibility index (Phi) is 3.61. The Morgan fingerprint density at radius 3 is 2.43 bits per heavy atom. The van der Waals surface area contributed by atoms with Crippen molar-refractivity contribution in [3.05, 3.63) is 23.8 Å². The quantitative estimate of drug-likeness (QED) is 0.548. The zero-order valence-electron chi connectivity index (χ0n) is 3.89. The van der Waals surface area contributed by atoms with Crippen molar-refractivity contribution in [2.75, 3.05) is 0 Å². The maximum absolute atomic E-state index is 3.66. The van der Waals surface area contributed by atoms with Gasteiger partial charge >= 0.3 is 0 Å². The molecule has 0 aliphatic carbocycles. The van der Waals surface area contributed by atoms with E-state index in [0.29, 0.717) is 0 Å². The number of allylic oxidation sites excluding steroid dienone is 1. The zero-order chi connectivity index (χ0) is 5.70. The molecule has 0 radical (unpaired) electrons. The second-order valence-corrected chi connectivity index (χ2v) is 1.93. The number of hydrogen-bond donors (Lipinski definition) is 0. The predicted octanol–water partition coefficient (Wildman–Crippen LogP) is 2.11. The van der Waals surface area contributed by atoms with Gasteiger partial charge in [-0.1, -0.05) is 13.2 Å². The van der Waals surface area contributed by atoms with Crippen LogP contribution in [0, 0.1) is 0 Å². The molecule has 0 aromatic heterocycles. The third-order valence-electron chi connectivity index (χ3n) is 0.320. The number of nitrogens with zero attached hydrogens (tertiary/aromatic N) is 1. The van der Waals surface area contributed by atoms with Crippen LogP contribution in [0.1, 0.15) is 0 Å². The molecule has 0 aromatic rings. The molecule has 0 heterocycles. The van der Waals surface area contributed by atoms with E-state index in [-0.39, 0.29) is 0 Å². The van der Waals surface area contributed by atoms with Crippen LogP contribution in [0.25, 0.3) is 0 Å². The van der Waals surface area contributed by atoms with E-state index in [2.05, 4.69) is 34.1 Å². The summed E-state index contributed by atoms with van der Waals surface area (Å²) in [6.45, 7) is 6.88. The molecule has 0 amide bonds. The molecular weight excluding hydrogens is 154 g/mol. The van der Waals surface area contributed by atoms with Gasteiger partial charge < -0.3 is 0 Å². The minimum atomic E-state index is 0.757. The molecule has 1 nitrogen and oxygen atoms in total. The average Bonchev–Trinajstić information content (AvgIpc) is 1.61. The van der Waals surface area contributed by atoms with Gasteiger partial charge in [0.2, 0.25) is 0 Å². The van der Waals surface area contributed by atoms with Gasteiger partial charge in [-0.2, -0.15) is 0 Å². The van der Waals surface area contributed by atoms with E-state index in [9.17, 15) is 0 Å². The minimum Gasteiger partial charge on any atom is -0.264 e.